The molecule has 10 aliphatic rings. The summed E-state index contributed by atoms with van der Waals surface area (Å²) in [6.07, 6.45) is 14.2. The Kier molecular flexibility index (Phi) is 12.5. The van der Waals surface area contributed by atoms with Crippen LogP contribution in [-0.2, 0) is 10.8 Å². The lowest BCUT2D eigenvalue weighted by Gasteiger charge is -2.61. The van der Waals surface area contributed by atoms with Crippen LogP contribution in [0.1, 0.15) is 97.8 Å². The van der Waals surface area contributed by atoms with Gasteiger partial charge in [0.05, 0.1) is 33.5 Å². The minimum atomic E-state index is 0.147. The smallest absolute Gasteiger partial charge is 0.0896 e. The Morgan fingerprint density at radius 2 is 0.583 bits per heavy atom. The molecular formula is C100H79N3. The number of aromatic nitrogens is 3. The second-order valence-electron chi connectivity index (χ2n) is 32.7. The van der Waals surface area contributed by atoms with Gasteiger partial charge in [0, 0.05) is 27.3 Å². The number of rotatable bonds is 5. The van der Waals surface area contributed by atoms with Crippen molar-refractivity contribution in [3.8, 4) is 72.4 Å². The van der Waals surface area contributed by atoms with E-state index in [-0.39, 0.29) is 10.8 Å². The first kappa shape index (κ1) is 58.9. The van der Waals surface area contributed by atoms with Gasteiger partial charge < -0.3 is 4.57 Å². The van der Waals surface area contributed by atoms with E-state index in [0.717, 1.165) is 69.8 Å². The van der Waals surface area contributed by atoms with Crippen LogP contribution in [0.5, 0.6) is 0 Å². The van der Waals surface area contributed by atoms with Crippen LogP contribution in [0, 0.1) is 61.2 Å². The lowest BCUT2D eigenvalue weighted by Crippen LogP contribution is -2.55. The number of benzene rings is 14. The molecule has 10 aliphatic carbocycles. The average molecular weight is 1320 g/mol. The molecule has 0 aliphatic heterocycles. The van der Waals surface area contributed by atoms with Crippen LogP contribution in [-0.4, -0.2) is 14.5 Å². The summed E-state index contributed by atoms with van der Waals surface area (Å²) in [4.78, 5) is 9.78. The molecule has 26 rings (SSSR count). The molecule has 2 aromatic heterocycles. The zero-order chi connectivity index (χ0) is 67.6. The number of hydrogen-bond acceptors (Lipinski definition) is 2. The monoisotopic (exact) mass is 1320 g/mol. The molecule has 0 amide bonds. The van der Waals surface area contributed by atoms with Gasteiger partial charge in [-0.2, -0.15) is 0 Å². The van der Waals surface area contributed by atoms with Gasteiger partial charge in [-0.25, -0.2) is 9.97 Å². The third kappa shape index (κ3) is 8.17. The molecule has 8 bridgehead atoms. The predicted octanol–water partition coefficient (Wildman–Crippen LogP) is 25.8. The summed E-state index contributed by atoms with van der Waals surface area (Å²) < 4.78 is 2.44. The first-order chi connectivity index (χ1) is 50.8. The summed E-state index contributed by atoms with van der Waals surface area (Å²) in [6, 6.07) is 104. The number of fused-ring (bicyclic) bond motifs is 14. The van der Waals surface area contributed by atoms with Crippen LogP contribution < -0.4 is 0 Å². The fourth-order valence-corrected chi connectivity index (χ4v) is 24.5. The van der Waals surface area contributed by atoms with Crippen LogP contribution >= 0.6 is 0 Å². The van der Waals surface area contributed by atoms with E-state index in [2.05, 4.69) is 284 Å². The van der Waals surface area contributed by atoms with Crippen LogP contribution in [0.4, 0.5) is 0 Å². The van der Waals surface area contributed by atoms with E-state index in [1.807, 2.05) is 6.92 Å². The zero-order valence-electron chi connectivity index (χ0n) is 58.5. The van der Waals surface area contributed by atoms with Crippen molar-refractivity contribution in [1.82, 2.24) is 14.5 Å². The highest BCUT2D eigenvalue weighted by molar-refractivity contribution is 6.23. The van der Waals surface area contributed by atoms with Gasteiger partial charge in [-0.1, -0.05) is 224 Å². The Balaban J connectivity index is 0.000000128. The summed E-state index contributed by atoms with van der Waals surface area (Å²) in [5.74, 6) is 6.75. The van der Waals surface area contributed by atoms with Crippen molar-refractivity contribution >= 4 is 75.9 Å². The molecule has 103 heavy (non-hydrogen) atoms. The second kappa shape index (κ2) is 21.9. The maximum absolute atomic E-state index is 4.95. The van der Waals surface area contributed by atoms with E-state index in [1.54, 1.807) is 22.3 Å². The SMILES string of the molecule is Cc1nc2ccc(-c3c4ccccc4c(-c4ccc5c(c4)C4(c6ccccc6-5)C5CC6CC(C5)CC4C6)c4ccccc34)cc2nc1C.c1cc(-c2c3ccccc3c(-c3ccc4c(c3)C3(c5ccccc5-4)C4CC5CC(C4)CC3C5)c3ccccc23)cc(-n2c3ccccc3c3ccccc32)c1. The molecule has 0 saturated heterocycles. The van der Waals surface area contributed by atoms with Crippen molar-refractivity contribution in [3.63, 3.8) is 0 Å². The van der Waals surface area contributed by atoms with Crippen LogP contribution in [0.15, 0.2) is 273 Å². The van der Waals surface area contributed by atoms with E-state index >= 15 is 0 Å². The van der Waals surface area contributed by atoms with Crippen molar-refractivity contribution < 1.29 is 0 Å². The first-order valence-corrected chi connectivity index (χ1v) is 38.5. The van der Waals surface area contributed by atoms with Crippen molar-refractivity contribution in [2.24, 2.45) is 47.3 Å². The van der Waals surface area contributed by atoms with E-state index in [9.17, 15) is 0 Å². The summed E-state index contributed by atoms with van der Waals surface area (Å²) >= 11 is 0. The number of para-hydroxylation sites is 2. The number of aryl methyl sites for hydroxylation is 2. The number of nitrogens with zero attached hydrogens (tertiary/aromatic N) is 3. The van der Waals surface area contributed by atoms with Gasteiger partial charge in [0.2, 0.25) is 0 Å². The zero-order valence-corrected chi connectivity index (χ0v) is 58.5. The molecule has 0 atom stereocenters. The highest BCUT2D eigenvalue weighted by Crippen LogP contribution is 2.72. The third-order valence-corrected chi connectivity index (χ3v) is 27.9. The molecule has 8 fully saturated rings. The van der Waals surface area contributed by atoms with Gasteiger partial charge in [0.1, 0.15) is 0 Å². The fourth-order valence-electron chi connectivity index (χ4n) is 24.5. The largest absolute Gasteiger partial charge is 0.309 e. The maximum atomic E-state index is 4.95. The number of hydrogen-bond donors (Lipinski definition) is 0. The normalized spacial score (nSPS) is 24.1. The summed E-state index contributed by atoms with van der Waals surface area (Å²) in [5.41, 5.74) is 30.7. The van der Waals surface area contributed by atoms with Gasteiger partial charge in [-0.15, -0.1) is 0 Å². The minimum Gasteiger partial charge on any atom is -0.309 e. The van der Waals surface area contributed by atoms with Crippen molar-refractivity contribution in [1.29, 1.82) is 0 Å². The van der Waals surface area contributed by atoms with E-state index in [4.69, 9.17) is 9.97 Å². The Hall–Kier alpha value is -10.7. The standard InChI is InChI=1S/C54H41N.C46H38N2/c1-3-19-46-44(17-1)52(35-12-11-13-39(31-35)55-50-22-9-6-15-42(50)43-16-7-10-23-51(43)55)45-18-2-4-20-47(45)53(46)36-24-25-41-40-14-5-8-21-48(40)54(49(41)32-36)37-27-33-26-34(29-37)30-38(54)28-33;1-26-27(2)48-43-25-31(16-18-42(43)47-26)45-38-12-5-3-10-36(38)44(37-11-4-6-13-39(37)45)30-15-17-35-34-9-7-8-14-40(34)46(41(35)24-30)32-20-28-19-29(22-32)23-33(46)21-28/h1-25,31-34,37-38H,26-30H2;3-18,24-25,28-29,32-33H,19-23H2,1-2H3. The van der Waals surface area contributed by atoms with Crippen molar-refractivity contribution in [2.75, 3.05) is 0 Å². The Bertz CT molecular complexity index is 6110. The summed E-state index contributed by atoms with van der Waals surface area (Å²) in [6.45, 7) is 4.09. The summed E-state index contributed by atoms with van der Waals surface area (Å²) in [5, 5.41) is 13.0. The second-order valence-corrected chi connectivity index (χ2v) is 32.7. The first-order valence-electron chi connectivity index (χ1n) is 38.5. The lowest BCUT2D eigenvalue weighted by molar-refractivity contribution is -0.0399. The van der Waals surface area contributed by atoms with Gasteiger partial charge in [-0.05, 0) is 306 Å². The molecule has 16 aromatic rings. The molecule has 2 spiro atoms. The van der Waals surface area contributed by atoms with E-state index < -0.39 is 0 Å². The van der Waals surface area contributed by atoms with Gasteiger partial charge >= 0.3 is 0 Å². The van der Waals surface area contributed by atoms with Gasteiger partial charge in [-0.3, -0.25) is 0 Å². The molecule has 0 radical (unpaired) electrons. The van der Waals surface area contributed by atoms with Crippen LogP contribution in [0.25, 0.3) is 148 Å². The van der Waals surface area contributed by atoms with E-state index in [1.165, 1.54) is 202 Å². The minimum absolute atomic E-state index is 0.147. The van der Waals surface area contributed by atoms with Gasteiger partial charge in [0.15, 0.2) is 0 Å². The average Bonchev–Trinajstić information content (AvgIpc) is 1.53. The van der Waals surface area contributed by atoms with E-state index in [0.29, 0.717) is 0 Å². The lowest BCUT2D eigenvalue weighted by atomic mass is 9.43. The molecule has 8 saturated carbocycles. The Morgan fingerprint density at radius 1 is 0.262 bits per heavy atom. The predicted molar refractivity (Wildman–Crippen MR) is 428 cm³/mol. The van der Waals surface area contributed by atoms with Gasteiger partial charge in [0.25, 0.3) is 0 Å². The molecule has 3 heteroatoms. The molecule has 494 valence electrons. The van der Waals surface area contributed by atoms with Crippen molar-refractivity contribution in [3.05, 3.63) is 307 Å². The van der Waals surface area contributed by atoms with Crippen LogP contribution in [0.3, 0.4) is 0 Å². The summed E-state index contributed by atoms with van der Waals surface area (Å²) in [7, 11) is 0. The third-order valence-electron chi connectivity index (χ3n) is 27.9. The molecule has 14 aromatic carbocycles. The maximum Gasteiger partial charge on any atom is 0.0896 e. The van der Waals surface area contributed by atoms with Crippen LogP contribution in [0.2, 0.25) is 0 Å². The molecular weight excluding hydrogens is 1240 g/mol. The quantitative estimate of drug-likeness (QED) is 0.161. The molecule has 0 N–H and O–H groups in total. The molecule has 0 unspecified atom stereocenters. The Morgan fingerprint density at radius 3 is 0.990 bits per heavy atom. The Labute approximate surface area is 602 Å². The molecule has 3 nitrogen and oxygen atoms in total. The molecule has 2 heterocycles. The fraction of sp³-hybridized carbons (Fsp3) is 0.220. The topological polar surface area (TPSA) is 30.7 Å². The van der Waals surface area contributed by atoms with Crippen molar-refractivity contribution in [2.45, 2.75) is 88.9 Å². The highest BCUT2D eigenvalue weighted by Gasteiger charge is 2.63. The highest BCUT2D eigenvalue weighted by atomic mass is 15.0.